The molecule has 2 N–H and O–H groups in total. The van der Waals surface area contributed by atoms with E-state index >= 15 is 0 Å². The van der Waals surface area contributed by atoms with Crippen LogP contribution in [0.4, 0.5) is 10.1 Å². The maximum atomic E-state index is 13.7. The number of nitrogens with zero attached hydrogens (tertiary/aromatic N) is 2. The molecule has 1 heterocycles. The maximum Gasteiger partial charge on any atom is 0.145 e. The Hall–Kier alpha value is -1.36. The molecule has 0 atom stereocenters. The number of aromatic nitrogens is 2. The molecule has 0 amide bonds. The molecule has 15 heavy (non-hydrogen) atoms. The van der Waals surface area contributed by atoms with E-state index in [-0.39, 0.29) is 5.82 Å². The predicted molar refractivity (Wildman–Crippen MR) is 60.7 cm³/mol. The molecule has 78 valence electrons. The molecule has 0 saturated carbocycles. The molecule has 1 aromatic carbocycles. The van der Waals surface area contributed by atoms with Gasteiger partial charge in [0, 0.05) is 30.1 Å². The Kier molecular flexibility index (Phi) is 2.48. The van der Waals surface area contributed by atoms with Gasteiger partial charge < -0.3 is 5.73 Å². The fourth-order valence-electron chi connectivity index (χ4n) is 1.38. The molecule has 0 aliphatic rings. The van der Waals surface area contributed by atoms with E-state index in [2.05, 4.69) is 21.0 Å². The van der Waals surface area contributed by atoms with Gasteiger partial charge in [-0.2, -0.15) is 5.10 Å². The zero-order chi connectivity index (χ0) is 11.0. The molecule has 0 saturated heterocycles. The van der Waals surface area contributed by atoms with Gasteiger partial charge in [0.2, 0.25) is 0 Å². The first kappa shape index (κ1) is 10.2. The summed E-state index contributed by atoms with van der Waals surface area (Å²) in [6, 6.07) is 3.13. The fourth-order valence-corrected chi connectivity index (χ4v) is 1.86. The lowest BCUT2D eigenvalue weighted by atomic mass is 10.1. The molecule has 3 nitrogen and oxygen atoms in total. The van der Waals surface area contributed by atoms with Crippen LogP contribution in [0.1, 0.15) is 0 Å². The van der Waals surface area contributed by atoms with Gasteiger partial charge >= 0.3 is 0 Å². The molecule has 2 rings (SSSR count). The normalized spacial score (nSPS) is 10.6. The third-order valence-corrected chi connectivity index (χ3v) is 2.64. The zero-order valence-electron chi connectivity index (χ0n) is 8.04. The van der Waals surface area contributed by atoms with Gasteiger partial charge in [-0.05, 0) is 28.1 Å². The van der Waals surface area contributed by atoms with Crippen molar-refractivity contribution in [3.05, 3.63) is 34.8 Å². The first-order valence-corrected chi connectivity index (χ1v) is 5.11. The van der Waals surface area contributed by atoms with E-state index in [0.717, 1.165) is 0 Å². The lowest BCUT2D eigenvalue weighted by molar-refractivity contribution is 0.625. The standard InChI is InChI=1S/C10H9BrFN3/c1-15-5-6(4-14-15)8-2-7(13)3-9(11)10(8)12/h2-5H,13H2,1H3. The first-order chi connectivity index (χ1) is 7.08. The van der Waals surface area contributed by atoms with Crippen LogP contribution in [0.15, 0.2) is 29.0 Å². The summed E-state index contributed by atoms with van der Waals surface area (Å²) in [5, 5.41) is 3.99. The number of halogens is 2. The zero-order valence-corrected chi connectivity index (χ0v) is 9.62. The summed E-state index contributed by atoms with van der Waals surface area (Å²) in [6.45, 7) is 0. The number of nitrogen functional groups attached to an aromatic ring is 1. The van der Waals surface area contributed by atoms with Crippen LogP contribution < -0.4 is 5.73 Å². The highest BCUT2D eigenvalue weighted by atomic mass is 79.9. The van der Waals surface area contributed by atoms with Crippen LogP contribution in [0.25, 0.3) is 11.1 Å². The molecule has 0 aliphatic heterocycles. The van der Waals surface area contributed by atoms with Crippen molar-refractivity contribution in [3.8, 4) is 11.1 Å². The van der Waals surface area contributed by atoms with Crippen molar-refractivity contribution in [1.82, 2.24) is 9.78 Å². The lowest BCUT2D eigenvalue weighted by Crippen LogP contribution is -1.91. The molecule has 5 heteroatoms. The number of hydrogen-bond donors (Lipinski definition) is 1. The Labute approximate surface area is 94.8 Å². The van der Waals surface area contributed by atoms with E-state index in [4.69, 9.17) is 5.73 Å². The fraction of sp³-hybridized carbons (Fsp3) is 0.100. The van der Waals surface area contributed by atoms with E-state index in [1.165, 1.54) is 6.07 Å². The van der Waals surface area contributed by atoms with Crippen LogP contribution in [0.5, 0.6) is 0 Å². The lowest BCUT2D eigenvalue weighted by Gasteiger charge is -2.04. The highest BCUT2D eigenvalue weighted by Crippen LogP contribution is 2.30. The predicted octanol–water partition coefficient (Wildman–Crippen LogP) is 2.57. The molecule has 2 aromatic rings. The minimum Gasteiger partial charge on any atom is -0.399 e. The van der Waals surface area contributed by atoms with Gasteiger partial charge in [0.15, 0.2) is 0 Å². The van der Waals surface area contributed by atoms with Gasteiger partial charge in [-0.15, -0.1) is 0 Å². The molecule has 1 aromatic heterocycles. The summed E-state index contributed by atoms with van der Waals surface area (Å²) in [5.41, 5.74) is 7.33. The van der Waals surface area contributed by atoms with E-state index in [1.54, 1.807) is 30.2 Å². The number of aryl methyl sites for hydroxylation is 1. The van der Waals surface area contributed by atoms with Crippen molar-refractivity contribution < 1.29 is 4.39 Å². The molecular weight excluding hydrogens is 261 g/mol. The largest absolute Gasteiger partial charge is 0.399 e. The van der Waals surface area contributed by atoms with Crippen LogP contribution >= 0.6 is 15.9 Å². The highest BCUT2D eigenvalue weighted by Gasteiger charge is 2.11. The Morgan fingerprint density at radius 3 is 2.80 bits per heavy atom. The van der Waals surface area contributed by atoms with Crippen molar-refractivity contribution in [2.24, 2.45) is 7.05 Å². The molecule has 0 bridgehead atoms. The highest BCUT2D eigenvalue weighted by molar-refractivity contribution is 9.10. The summed E-state index contributed by atoms with van der Waals surface area (Å²) in [5.74, 6) is -0.322. The van der Waals surface area contributed by atoms with E-state index in [9.17, 15) is 4.39 Å². The monoisotopic (exact) mass is 269 g/mol. The molecular formula is C10H9BrFN3. The average molecular weight is 270 g/mol. The van der Waals surface area contributed by atoms with Gasteiger partial charge in [-0.3, -0.25) is 4.68 Å². The Balaban J connectivity index is 2.62. The van der Waals surface area contributed by atoms with Crippen LogP contribution in [0.2, 0.25) is 0 Å². The number of nitrogens with two attached hydrogens (primary N) is 1. The van der Waals surface area contributed by atoms with Crippen molar-refractivity contribution in [3.63, 3.8) is 0 Å². The van der Waals surface area contributed by atoms with Gasteiger partial charge in [0.05, 0.1) is 10.7 Å². The summed E-state index contributed by atoms with van der Waals surface area (Å²) >= 11 is 3.12. The Bertz CT molecular complexity index is 507. The minimum absolute atomic E-state index is 0.322. The maximum absolute atomic E-state index is 13.7. The van der Waals surface area contributed by atoms with Gasteiger partial charge in [-0.25, -0.2) is 4.39 Å². The number of rotatable bonds is 1. The van der Waals surface area contributed by atoms with Crippen LogP contribution in [-0.2, 0) is 7.05 Å². The third kappa shape index (κ3) is 1.87. The first-order valence-electron chi connectivity index (χ1n) is 4.31. The van der Waals surface area contributed by atoms with Gasteiger partial charge in [0.25, 0.3) is 0 Å². The number of benzene rings is 1. The SMILES string of the molecule is Cn1cc(-c2cc(N)cc(Br)c2F)cn1. The summed E-state index contributed by atoms with van der Waals surface area (Å²) < 4.78 is 15.7. The second-order valence-corrected chi connectivity index (χ2v) is 4.12. The number of anilines is 1. The molecule has 0 unspecified atom stereocenters. The smallest absolute Gasteiger partial charge is 0.145 e. The molecule has 0 radical (unpaired) electrons. The van der Waals surface area contributed by atoms with Crippen LogP contribution in [-0.4, -0.2) is 9.78 Å². The molecule has 0 spiro atoms. The molecule has 0 aliphatic carbocycles. The Morgan fingerprint density at radius 1 is 1.47 bits per heavy atom. The molecule has 0 fully saturated rings. The van der Waals surface area contributed by atoms with Crippen molar-refractivity contribution in [1.29, 1.82) is 0 Å². The van der Waals surface area contributed by atoms with Crippen molar-refractivity contribution >= 4 is 21.6 Å². The quantitative estimate of drug-likeness (QED) is 0.809. The summed E-state index contributed by atoms with van der Waals surface area (Å²) in [7, 11) is 1.78. The van der Waals surface area contributed by atoms with Crippen LogP contribution in [0.3, 0.4) is 0 Å². The third-order valence-electron chi connectivity index (χ3n) is 2.07. The summed E-state index contributed by atoms with van der Waals surface area (Å²) in [6.07, 6.45) is 3.34. The van der Waals surface area contributed by atoms with E-state index in [0.29, 0.717) is 21.3 Å². The number of hydrogen-bond acceptors (Lipinski definition) is 2. The Morgan fingerprint density at radius 2 is 2.20 bits per heavy atom. The van der Waals surface area contributed by atoms with Crippen molar-refractivity contribution in [2.75, 3.05) is 5.73 Å². The van der Waals surface area contributed by atoms with E-state index < -0.39 is 0 Å². The van der Waals surface area contributed by atoms with E-state index in [1.807, 2.05) is 0 Å². The average Bonchev–Trinajstić information content (AvgIpc) is 2.58. The minimum atomic E-state index is -0.322. The second kappa shape index (κ2) is 3.66. The van der Waals surface area contributed by atoms with Gasteiger partial charge in [-0.1, -0.05) is 0 Å². The summed E-state index contributed by atoms with van der Waals surface area (Å²) in [4.78, 5) is 0. The topological polar surface area (TPSA) is 43.8 Å². The van der Waals surface area contributed by atoms with Gasteiger partial charge in [0.1, 0.15) is 5.82 Å². The second-order valence-electron chi connectivity index (χ2n) is 3.27. The van der Waals surface area contributed by atoms with Crippen molar-refractivity contribution in [2.45, 2.75) is 0 Å². The van der Waals surface area contributed by atoms with Crippen LogP contribution in [0, 0.1) is 5.82 Å².